The van der Waals surface area contributed by atoms with Crippen LogP contribution in [0.3, 0.4) is 0 Å². The van der Waals surface area contributed by atoms with E-state index in [-0.39, 0.29) is 12.1 Å². The van der Waals surface area contributed by atoms with Crippen molar-refractivity contribution < 1.29 is 5.11 Å². The average molecular weight is 318 g/mol. The zero-order valence-electron chi connectivity index (χ0n) is 13.1. The van der Waals surface area contributed by atoms with Gasteiger partial charge in [0.05, 0.1) is 23.5 Å². The van der Waals surface area contributed by atoms with Crippen molar-refractivity contribution in [3.8, 4) is 5.69 Å². The Hall–Kier alpha value is -2.79. The third-order valence-corrected chi connectivity index (χ3v) is 4.83. The highest BCUT2D eigenvalue weighted by Crippen LogP contribution is 2.39. The molecule has 1 saturated heterocycles. The van der Waals surface area contributed by atoms with Crippen LogP contribution < -0.4 is 10.2 Å². The van der Waals surface area contributed by atoms with Crippen LogP contribution in [0.2, 0.25) is 0 Å². The molecule has 3 aromatic rings. The lowest BCUT2D eigenvalue weighted by Crippen LogP contribution is -2.51. The number of hydrogen-bond acceptors (Lipinski definition) is 4. The first kappa shape index (κ1) is 13.6. The predicted molar refractivity (Wildman–Crippen MR) is 93.7 cm³/mol. The quantitative estimate of drug-likeness (QED) is 0.762. The number of aliphatic hydroxyl groups excluding tert-OH is 1. The standard InChI is InChI=1S/C19H18N4O/c24-13-11-22(12-13)19-14(5-3-9-20-19)18-17-8-4-10-23(17)16-7-2-1-6-15(16)21-18/h1-10,13,18,21,24H,11-12H2. The van der Waals surface area contributed by atoms with Gasteiger partial charge in [0.1, 0.15) is 5.82 Å². The Kier molecular flexibility index (Phi) is 2.90. The zero-order valence-corrected chi connectivity index (χ0v) is 13.1. The summed E-state index contributed by atoms with van der Waals surface area (Å²) in [6, 6.07) is 16.7. The maximum absolute atomic E-state index is 9.65. The fourth-order valence-electron chi connectivity index (χ4n) is 3.65. The fourth-order valence-corrected chi connectivity index (χ4v) is 3.65. The SMILES string of the molecule is OC1CN(c2ncccc2C2Nc3ccccc3-n3cccc32)C1. The van der Waals surface area contributed by atoms with Crippen LogP contribution >= 0.6 is 0 Å². The molecule has 5 heteroatoms. The van der Waals surface area contributed by atoms with Crippen molar-refractivity contribution >= 4 is 11.5 Å². The normalized spacial score (nSPS) is 19.2. The van der Waals surface area contributed by atoms with E-state index in [2.05, 4.69) is 62.4 Å². The van der Waals surface area contributed by atoms with E-state index in [0.29, 0.717) is 13.1 Å². The molecule has 2 aromatic heterocycles. The Morgan fingerprint density at radius 3 is 2.79 bits per heavy atom. The molecule has 0 bridgehead atoms. The van der Waals surface area contributed by atoms with Gasteiger partial charge in [0.25, 0.3) is 0 Å². The van der Waals surface area contributed by atoms with Gasteiger partial charge in [0.15, 0.2) is 0 Å². The van der Waals surface area contributed by atoms with Gasteiger partial charge in [-0.3, -0.25) is 0 Å². The lowest BCUT2D eigenvalue weighted by atomic mass is 9.99. The largest absolute Gasteiger partial charge is 0.389 e. The minimum absolute atomic E-state index is 0.0383. The van der Waals surface area contributed by atoms with E-state index in [1.807, 2.05) is 18.3 Å². The number of hydrogen-bond donors (Lipinski definition) is 2. The third-order valence-electron chi connectivity index (χ3n) is 4.83. The van der Waals surface area contributed by atoms with Gasteiger partial charge in [-0.25, -0.2) is 4.98 Å². The minimum Gasteiger partial charge on any atom is -0.389 e. The number of para-hydroxylation sites is 2. The van der Waals surface area contributed by atoms with Crippen molar-refractivity contribution in [2.45, 2.75) is 12.1 Å². The second kappa shape index (κ2) is 5.11. The smallest absolute Gasteiger partial charge is 0.134 e. The summed E-state index contributed by atoms with van der Waals surface area (Å²) in [6.45, 7) is 1.29. The number of anilines is 2. The molecule has 0 saturated carbocycles. The summed E-state index contributed by atoms with van der Waals surface area (Å²) in [4.78, 5) is 6.72. The van der Waals surface area contributed by atoms with Crippen LogP contribution in [0.15, 0.2) is 60.9 Å². The summed E-state index contributed by atoms with van der Waals surface area (Å²) in [5.41, 5.74) is 4.62. The van der Waals surface area contributed by atoms with Crippen LogP contribution in [0.5, 0.6) is 0 Å². The molecule has 0 amide bonds. The van der Waals surface area contributed by atoms with E-state index in [1.165, 1.54) is 11.4 Å². The van der Waals surface area contributed by atoms with E-state index in [9.17, 15) is 5.11 Å². The van der Waals surface area contributed by atoms with E-state index in [0.717, 1.165) is 17.1 Å². The molecule has 1 unspecified atom stereocenters. The maximum Gasteiger partial charge on any atom is 0.134 e. The number of nitrogens with zero attached hydrogens (tertiary/aromatic N) is 3. The number of fused-ring (bicyclic) bond motifs is 3. The molecule has 1 atom stereocenters. The van der Waals surface area contributed by atoms with E-state index in [4.69, 9.17) is 0 Å². The molecule has 0 aliphatic carbocycles. The monoisotopic (exact) mass is 318 g/mol. The Morgan fingerprint density at radius 2 is 1.92 bits per heavy atom. The lowest BCUT2D eigenvalue weighted by Gasteiger charge is -2.39. The Balaban J connectivity index is 1.62. The van der Waals surface area contributed by atoms with Crippen LogP contribution in [-0.4, -0.2) is 33.9 Å². The van der Waals surface area contributed by atoms with Gasteiger partial charge in [-0.05, 0) is 30.3 Å². The second-order valence-electron chi connectivity index (χ2n) is 6.37. The first-order valence-electron chi connectivity index (χ1n) is 8.22. The van der Waals surface area contributed by atoms with Crippen LogP contribution in [0.1, 0.15) is 17.3 Å². The van der Waals surface area contributed by atoms with Gasteiger partial charge >= 0.3 is 0 Å². The summed E-state index contributed by atoms with van der Waals surface area (Å²) >= 11 is 0. The Bertz CT molecular complexity index is 898. The molecule has 2 aliphatic heterocycles. The van der Waals surface area contributed by atoms with Gasteiger partial charge in [-0.2, -0.15) is 0 Å². The number of nitrogens with one attached hydrogen (secondary N) is 1. The molecule has 24 heavy (non-hydrogen) atoms. The first-order valence-corrected chi connectivity index (χ1v) is 8.22. The Labute approximate surface area is 140 Å². The minimum atomic E-state index is -0.247. The van der Waals surface area contributed by atoms with Gasteiger partial charge in [0, 0.05) is 36.7 Å². The summed E-state index contributed by atoms with van der Waals surface area (Å²) in [7, 11) is 0. The molecule has 120 valence electrons. The van der Waals surface area contributed by atoms with E-state index < -0.39 is 0 Å². The number of benzene rings is 1. The fraction of sp³-hybridized carbons (Fsp3) is 0.211. The lowest BCUT2D eigenvalue weighted by molar-refractivity contribution is 0.141. The molecule has 1 fully saturated rings. The first-order chi connectivity index (χ1) is 11.8. The summed E-state index contributed by atoms with van der Waals surface area (Å²) in [5.74, 6) is 0.951. The number of rotatable bonds is 2. The highest BCUT2D eigenvalue weighted by Gasteiger charge is 2.32. The number of pyridine rings is 1. The molecular weight excluding hydrogens is 300 g/mol. The van der Waals surface area contributed by atoms with Crippen molar-refractivity contribution in [3.63, 3.8) is 0 Å². The summed E-state index contributed by atoms with van der Waals surface area (Å²) in [5, 5.41) is 13.3. The molecule has 2 aliphatic rings. The number of aromatic nitrogens is 2. The van der Waals surface area contributed by atoms with Gasteiger partial charge in [0.2, 0.25) is 0 Å². The predicted octanol–water partition coefficient (Wildman–Crippen LogP) is 2.57. The highest BCUT2D eigenvalue weighted by atomic mass is 16.3. The molecule has 1 aromatic carbocycles. The van der Waals surface area contributed by atoms with Crippen molar-refractivity contribution in [1.29, 1.82) is 0 Å². The van der Waals surface area contributed by atoms with Crippen molar-refractivity contribution in [1.82, 2.24) is 9.55 Å². The maximum atomic E-state index is 9.65. The van der Waals surface area contributed by atoms with Crippen molar-refractivity contribution in [2.75, 3.05) is 23.3 Å². The van der Waals surface area contributed by atoms with Crippen LogP contribution in [-0.2, 0) is 0 Å². The van der Waals surface area contributed by atoms with Crippen molar-refractivity contribution in [3.05, 3.63) is 72.2 Å². The molecule has 0 spiro atoms. The number of β-amino-alcohol motifs (C(OH)–C–C–N with tert-alkyl or cyclic N) is 1. The molecule has 2 N–H and O–H groups in total. The van der Waals surface area contributed by atoms with Gasteiger partial charge in [-0.15, -0.1) is 0 Å². The van der Waals surface area contributed by atoms with E-state index >= 15 is 0 Å². The van der Waals surface area contributed by atoms with Crippen LogP contribution in [0.25, 0.3) is 5.69 Å². The summed E-state index contributed by atoms with van der Waals surface area (Å²) in [6.07, 6.45) is 3.67. The zero-order chi connectivity index (χ0) is 16.1. The second-order valence-corrected chi connectivity index (χ2v) is 6.37. The average Bonchev–Trinajstić information content (AvgIpc) is 3.08. The molecule has 4 heterocycles. The van der Waals surface area contributed by atoms with Gasteiger partial charge < -0.3 is 19.9 Å². The van der Waals surface area contributed by atoms with E-state index in [1.54, 1.807) is 0 Å². The molecular formula is C19H18N4O. The third kappa shape index (κ3) is 1.95. The van der Waals surface area contributed by atoms with Crippen molar-refractivity contribution in [2.24, 2.45) is 0 Å². The molecule has 5 rings (SSSR count). The topological polar surface area (TPSA) is 53.3 Å². The Morgan fingerprint density at radius 1 is 1.04 bits per heavy atom. The van der Waals surface area contributed by atoms with Gasteiger partial charge in [-0.1, -0.05) is 18.2 Å². The highest BCUT2D eigenvalue weighted by molar-refractivity contribution is 5.68. The molecule has 0 radical (unpaired) electrons. The summed E-state index contributed by atoms with van der Waals surface area (Å²) < 4.78 is 2.23. The van der Waals surface area contributed by atoms with Crippen LogP contribution in [0, 0.1) is 0 Å². The van der Waals surface area contributed by atoms with Crippen LogP contribution in [0.4, 0.5) is 11.5 Å². The number of aliphatic hydroxyl groups is 1. The molecule has 5 nitrogen and oxygen atoms in total.